The molecule has 1 fully saturated rings. The number of nitro benzene ring substituents is 1. The number of carboxylic acids is 1. The lowest BCUT2D eigenvalue weighted by Crippen LogP contribution is -2.48. The van der Waals surface area contributed by atoms with Gasteiger partial charge in [0.05, 0.1) is 4.92 Å². The smallest absolute Gasteiger partial charge is 0.410 e. The fourth-order valence-electron chi connectivity index (χ4n) is 2.35. The molecule has 1 atom stereocenters. The Morgan fingerprint density at radius 3 is 2.59 bits per heavy atom. The first-order valence-electron chi connectivity index (χ1n) is 6.88. The number of piperidine rings is 1. The van der Waals surface area contributed by atoms with Crippen LogP contribution in [0.15, 0.2) is 24.3 Å². The minimum atomic E-state index is -1.04. The van der Waals surface area contributed by atoms with Gasteiger partial charge in [-0.05, 0) is 37.0 Å². The van der Waals surface area contributed by atoms with Crippen molar-refractivity contribution in [2.24, 2.45) is 0 Å². The van der Waals surface area contributed by atoms with E-state index in [9.17, 15) is 19.7 Å². The number of non-ortho nitro benzene ring substituents is 1. The fourth-order valence-corrected chi connectivity index (χ4v) is 2.35. The second-order valence-electron chi connectivity index (χ2n) is 5.02. The van der Waals surface area contributed by atoms with E-state index in [1.165, 1.54) is 29.2 Å². The van der Waals surface area contributed by atoms with E-state index in [0.29, 0.717) is 18.5 Å². The van der Waals surface area contributed by atoms with Crippen LogP contribution in [0.2, 0.25) is 0 Å². The van der Waals surface area contributed by atoms with E-state index in [1.807, 2.05) is 0 Å². The molecule has 8 nitrogen and oxygen atoms in total. The van der Waals surface area contributed by atoms with Crippen molar-refractivity contribution in [3.8, 4) is 0 Å². The highest BCUT2D eigenvalue weighted by Crippen LogP contribution is 2.19. The topological polar surface area (TPSA) is 110 Å². The molecular formula is C14H16N2O6. The predicted octanol–water partition coefficient (Wildman–Crippen LogP) is 2.17. The molecule has 0 unspecified atom stereocenters. The number of ether oxygens (including phenoxy) is 1. The normalized spacial score (nSPS) is 17.8. The molecule has 0 aromatic heterocycles. The van der Waals surface area contributed by atoms with Crippen LogP contribution in [0.25, 0.3) is 0 Å². The van der Waals surface area contributed by atoms with Crippen molar-refractivity contribution < 1.29 is 24.4 Å². The first kappa shape index (κ1) is 15.7. The van der Waals surface area contributed by atoms with Crippen LogP contribution >= 0.6 is 0 Å². The third-order valence-electron chi connectivity index (χ3n) is 3.53. The minimum Gasteiger partial charge on any atom is -0.480 e. The van der Waals surface area contributed by atoms with Crippen molar-refractivity contribution in [2.45, 2.75) is 31.9 Å². The number of nitro groups is 1. The van der Waals surface area contributed by atoms with Crippen LogP contribution in [-0.2, 0) is 16.1 Å². The highest BCUT2D eigenvalue weighted by atomic mass is 16.6. The number of rotatable bonds is 4. The summed E-state index contributed by atoms with van der Waals surface area (Å²) >= 11 is 0. The Balaban J connectivity index is 1.93. The van der Waals surface area contributed by atoms with Crippen LogP contribution in [0.1, 0.15) is 24.8 Å². The van der Waals surface area contributed by atoms with Crippen LogP contribution in [0.3, 0.4) is 0 Å². The van der Waals surface area contributed by atoms with Gasteiger partial charge < -0.3 is 9.84 Å². The fraction of sp³-hybridized carbons (Fsp3) is 0.429. The number of carboxylic acid groups (broad SMARTS) is 1. The molecule has 0 spiro atoms. The maximum Gasteiger partial charge on any atom is 0.410 e. The molecule has 1 saturated heterocycles. The molecule has 22 heavy (non-hydrogen) atoms. The average Bonchev–Trinajstić information content (AvgIpc) is 2.53. The van der Waals surface area contributed by atoms with Crippen LogP contribution in [0.5, 0.6) is 0 Å². The number of amides is 1. The molecule has 1 aromatic rings. The standard InChI is InChI=1S/C14H16N2O6/c17-13(18)12-3-1-2-8-15(12)14(19)22-9-10-4-6-11(7-5-10)16(20)21/h4-7,12H,1-3,8-9H2,(H,17,18)/t12-/m1/s1. The van der Waals surface area contributed by atoms with Crippen molar-refractivity contribution in [2.75, 3.05) is 6.54 Å². The summed E-state index contributed by atoms with van der Waals surface area (Å²) in [5.41, 5.74) is 0.555. The van der Waals surface area contributed by atoms with Gasteiger partial charge in [0, 0.05) is 18.7 Å². The number of carbonyl (C=O) groups excluding carboxylic acids is 1. The van der Waals surface area contributed by atoms with Crippen LogP contribution < -0.4 is 0 Å². The molecule has 1 aromatic carbocycles. The van der Waals surface area contributed by atoms with Crippen molar-refractivity contribution in [1.29, 1.82) is 0 Å². The highest BCUT2D eigenvalue weighted by molar-refractivity contribution is 5.80. The number of hydrogen-bond acceptors (Lipinski definition) is 5. The number of nitrogens with zero attached hydrogens (tertiary/aromatic N) is 2. The molecule has 1 N–H and O–H groups in total. The summed E-state index contributed by atoms with van der Waals surface area (Å²) < 4.78 is 5.10. The van der Waals surface area contributed by atoms with Gasteiger partial charge in [-0.15, -0.1) is 0 Å². The van der Waals surface area contributed by atoms with E-state index in [0.717, 1.165) is 12.8 Å². The lowest BCUT2D eigenvalue weighted by Gasteiger charge is -2.31. The van der Waals surface area contributed by atoms with Crippen molar-refractivity contribution in [3.63, 3.8) is 0 Å². The molecule has 1 amide bonds. The maximum absolute atomic E-state index is 12.0. The van der Waals surface area contributed by atoms with Crippen LogP contribution in [0, 0.1) is 10.1 Å². The summed E-state index contributed by atoms with van der Waals surface area (Å²) in [6, 6.07) is 4.79. The van der Waals surface area contributed by atoms with Gasteiger partial charge in [0.15, 0.2) is 0 Å². The molecule has 1 heterocycles. The summed E-state index contributed by atoms with van der Waals surface area (Å²) in [6.45, 7) is 0.301. The Labute approximate surface area is 126 Å². The summed E-state index contributed by atoms with van der Waals surface area (Å²) in [5.74, 6) is -1.04. The van der Waals surface area contributed by atoms with Gasteiger partial charge in [-0.2, -0.15) is 0 Å². The zero-order valence-corrected chi connectivity index (χ0v) is 11.8. The lowest BCUT2D eigenvalue weighted by atomic mass is 10.0. The Morgan fingerprint density at radius 1 is 1.32 bits per heavy atom. The van der Waals surface area contributed by atoms with E-state index in [2.05, 4.69) is 0 Å². The average molecular weight is 308 g/mol. The third kappa shape index (κ3) is 3.72. The Hall–Kier alpha value is -2.64. The molecule has 1 aliphatic heterocycles. The number of aliphatic carboxylic acids is 1. The van der Waals surface area contributed by atoms with E-state index in [1.54, 1.807) is 0 Å². The van der Waals surface area contributed by atoms with Gasteiger partial charge in [-0.3, -0.25) is 15.0 Å². The Bertz CT molecular complexity index is 571. The zero-order chi connectivity index (χ0) is 16.1. The molecule has 2 rings (SSSR count). The molecular weight excluding hydrogens is 292 g/mol. The molecule has 0 aliphatic carbocycles. The first-order chi connectivity index (χ1) is 10.5. The third-order valence-corrected chi connectivity index (χ3v) is 3.53. The van der Waals surface area contributed by atoms with Crippen LogP contribution in [-0.4, -0.2) is 39.6 Å². The van der Waals surface area contributed by atoms with Gasteiger partial charge >= 0.3 is 12.1 Å². The second kappa shape index (κ2) is 6.88. The van der Waals surface area contributed by atoms with E-state index >= 15 is 0 Å². The second-order valence-corrected chi connectivity index (χ2v) is 5.02. The monoisotopic (exact) mass is 308 g/mol. The number of likely N-dealkylation sites (tertiary alicyclic amines) is 1. The van der Waals surface area contributed by atoms with Crippen molar-refractivity contribution in [3.05, 3.63) is 39.9 Å². The van der Waals surface area contributed by atoms with Gasteiger partial charge in [-0.1, -0.05) is 0 Å². The van der Waals surface area contributed by atoms with Crippen LogP contribution in [0.4, 0.5) is 10.5 Å². The zero-order valence-electron chi connectivity index (χ0n) is 11.8. The number of hydrogen-bond donors (Lipinski definition) is 1. The molecule has 1 aliphatic rings. The van der Waals surface area contributed by atoms with Crippen molar-refractivity contribution >= 4 is 17.7 Å². The summed E-state index contributed by atoms with van der Waals surface area (Å²) in [4.78, 5) is 34.4. The number of benzene rings is 1. The van der Waals surface area contributed by atoms with Gasteiger partial charge in [0.25, 0.3) is 5.69 Å². The van der Waals surface area contributed by atoms with Gasteiger partial charge in [-0.25, -0.2) is 9.59 Å². The molecule has 0 bridgehead atoms. The molecule has 0 saturated carbocycles. The van der Waals surface area contributed by atoms with E-state index in [-0.39, 0.29) is 12.3 Å². The lowest BCUT2D eigenvalue weighted by molar-refractivity contribution is -0.384. The Morgan fingerprint density at radius 2 is 2.00 bits per heavy atom. The number of carbonyl (C=O) groups is 2. The molecule has 0 radical (unpaired) electrons. The highest BCUT2D eigenvalue weighted by Gasteiger charge is 2.32. The van der Waals surface area contributed by atoms with Gasteiger partial charge in [0.1, 0.15) is 12.6 Å². The largest absolute Gasteiger partial charge is 0.480 e. The van der Waals surface area contributed by atoms with E-state index in [4.69, 9.17) is 9.84 Å². The molecule has 8 heteroatoms. The molecule has 118 valence electrons. The Kier molecular flexibility index (Phi) is 4.92. The van der Waals surface area contributed by atoms with Crippen molar-refractivity contribution in [1.82, 2.24) is 4.90 Å². The summed E-state index contributed by atoms with van der Waals surface area (Å²) in [7, 11) is 0. The summed E-state index contributed by atoms with van der Waals surface area (Å²) in [5, 5.41) is 19.7. The van der Waals surface area contributed by atoms with E-state index < -0.39 is 23.0 Å². The predicted molar refractivity (Wildman–Crippen MR) is 75.3 cm³/mol. The first-order valence-corrected chi connectivity index (χ1v) is 6.88. The SMILES string of the molecule is O=C(O)[C@H]1CCCCN1C(=O)OCc1ccc([N+](=O)[O-])cc1. The van der Waals surface area contributed by atoms with Gasteiger partial charge in [0.2, 0.25) is 0 Å². The quantitative estimate of drug-likeness (QED) is 0.674. The maximum atomic E-state index is 12.0. The minimum absolute atomic E-state index is 0.0444. The summed E-state index contributed by atoms with van der Waals surface area (Å²) in [6.07, 6.45) is 1.26.